The Morgan fingerprint density at radius 2 is 2.10 bits per heavy atom. The average molecular weight is 271 g/mol. The third-order valence-electron chi connectivity index (χ3n) is 3.18. The summed E-state index contributed by atoms with van der Waals surface area (Å²) >= 11 is 0. The van der Waals surface area contributed by atoms with Crippen molar-refractivity contribution in [3.8, 4) is 0 Å². The summed E-state index contributed by atoms with van der Waals surface area (Å²) < 4.78 is 0. The van der Waals surface area contributed by atoms with E-state index < -0.39 is 0 Å². The van der Waals surface area contributed by atoms with Crippen LogP contribution in [0.5, 0.6) is 0 Å². The van der Waals surface area contributed by atoms with Gasteiger partial charge in [-0.05, 0) is 25.0 Å². The Bertz CT molecular complexity index is 568. The molecule has 5 heteroatoms. The Morgan fingerprint density at radius 1 is 1.30 bits per heavy atom. The van der Waals surface area contributed by atoms with Gasteiger partial charge in [-0.2, -0.15) is 0 Å². The van der Waals surface area contributed by atoms with Gasteiger partial charge < -0.3 is 10.6 Å². The Balaban J connectivity index is 2.26. The summed E-state index contributed by atoms with van der Waals surface area (Å²) in [6.45, 7) is 4.81. The van der Waals surface area contributed by atoms with Gasteiger partial charge in [-0.15, -0.1) is 0 Å². The number of nitrogen functional groups attached to an aromatic ring is 1. The summed E-state index contributed by atoms with van der Waals surface area (Å²) in [6, 6.07) is 3.99. The van der Waals surface area contributed by atoms with E-state index in [2.05, 4.69) is 32.8 Å². The minimum absolute atomic E-state index is 0.566. The van der Waals surface area contributed by atoms with Crippen LogP contribution in [-0.2, 0) is 13.0 Å². The molecule has 106 valence electrons. The second-order valence-corrected chi connectivity index (χ2v) is 4.94. The lowest BCUT2D eigenvalue weighted by atomic mass is 10.2. The van der Waals surface area contributed by atoms with Crippen LogP contribution in [0.15, 0.2) is 24.5 Å². The molecule has 0 fully saturated rings. The van der Waals surface area contributed by atoms with Gasteiger partial charge in [0.05, 0.1) is 0 Å². The van der Waals surface area contributed by atoms with Gasteiger partial charge in [0.25, 0.3) is 0 Å². The summed E-state index contributed by atoms with van der Waals surface area (Å²) in [5, 5.41) is 0. The smallest absolute Gasteiger partial charge is 0.137 e. The monoisotopic (exact) mass is 271 g/mol. The molecular formula is C15H21N5. The maximum absolute atomic E-state index is 5.99. The lowest BCUT2D eigenvalue weighted by Gasteiger charge is -2.21. The molecule has 20 heavy (non-hydrogen) atoms. The van der Waals surface area contributed by atoms with Crippen molar-refractivity contribution in [2.24, 2.45) is 0 Å². The third-order valence-corrected chi connectivity index (χ3v) is 3.18. The Hall–Kier alpha value is -2.17. The predicted octanol–water partition coefficient (Wildman–Crippen LogP) is 2.35. The summed E-state index contributed by atoms with van der Waals surface area (Å²) in [5.74, 6) is 2.27. The zero-order chi connectivity index (χ0) is 14.5. The van der Waals surface area contributed by atoms with E-state index in [9.17, 15) is 0 Å². The minimum Gasteiger partial charge on any atom is -0.383 e. The van der Waals surface area contributed by atoms with Crippen LogP contribution in [-0.4, -0.2) is 22.0 Å². The van der Waals surface area contributed by atoms with Crippen molar-refractivity contribution in [1.29, 1.82) is 0 Å². The molecular weight excluding hydrogens is 250 g/mol. The summed E-state index contributed by atoms with van der Waals surface area (Å²) in [4.78, 5) is 15.2. The fraction of sp³-hybridized carbons (Fsp3) is 0.400. The molecule has 0 spiro atoms. The van der Waals surface area contributed by atoms with E-state index in [1.165, 1.54) is 0 Å². The Kier molecular flexibility index (Phi) is 4.50. The molecule has 2 aromatic rings. The highest BCUT2D eigenvalue weighted by Gasteiger charge is 2.12. The van der Waals surface area contributed by atoms with Gasteiger partial charge in [-0.1, -0.05) is 13.0 Å². The van der Waals surface area contributed by atoms with Crippen molar-refractivity contribution in [1.82, 2.24) is 15.0 Å². The van der Waals surface area contributed by atoms with Crippen LogP contribution in [0, 0.1) is 6.92 Å². The summed E-state index contributed by atoms with van der Waals surface area (Å²) in [5.41, 5.74) is 8.06. The average Bonchev–Trinajstić information content (AvgIpc) is 2.44. The molecule has 2 N–H and O–H groups in total. The van der Waals surface area contributed by atoms with Crippen LogP contribution in [0.25, 0.3) is 0 Å². The molecule has 0 saturated heterocycles. The van der Waals surface area contributed by atoms with E-state index >= 15 is 0 Å². The molecule has 0 bridgehead atoms. The van der Waals surface area contributed by atoms with E-state index in [1.807, 2.05) is 26.2 Å². The van der Waals surface area contributed by atoms with Crippen molar-refractivity contribution in [3.63, 3.8) is 0 Å². The molecule has 0 aromatic carbocycles. The molecule has 0 radical (unpaired) electrons. The van der Waals surface area contributed by atoms with E-state index in [1.54, 1.807) is 6.20 Å². The van der Waals surface area contributed by atoms with Gasteiger partial charge in [0.2, 0.25) is 0 Å². The van der Waals surface area contributed by atoms with Crippen LogP contribution in [0.1, 0.15) is 30.3 Å². The third kappa shape index (κ3) is 3.23. The molecule has 0 unspecified atom stereocenters. The van der Waals surface area contributed by atoms with Gasteiger partial charge in [0, 0.05) is 38.0 Å². The number of aromatic nitrogens is 3. The topological polar surface area (TPSA) is 67.9 Å². The van der Waals surface area contributed by atoms with Crippen molar-refractivity contribution in [3.05, 3.63) is 41.5 Å². The number of nitrogens with zero attached hydrogens (tertiary/aromatic N) is 4. The molecule has 0 saturated carbocycles. The van der Waals surface area contributed by atoms with Gasteiger partial charge in [0.1, 0.15) is 17.5 Å². The fourth-order valence-electron chi connectivity index (χ4n) is 2.12. The number of rotatable bonds is 5. The molecule has 0 aliphatic carbocycles. The Morgan fingerprint density at radius 3 is 2.75 bits per heavy atom. The van der Waals surface area contributed by atoms with Gasteiger partial charge in [0.15, 0.2) is 0 Å². The van der Waals surface area contributed by atoms with Crippen molar-refractivity contribution < 1.29 is 0 Å². The first kappa shape index (κ1) is 14.2. The normalized spacial score (nSPS) is 10.6. The van der Waals surface area contributed by atoms with E-state index in [-0.39, 0.29) is 0 Å². The maximum atomic E-state index is 5.99. The first-order valence-corrected chi connectivity index (χ1v) is 6.84. The minimum atomic E-state index is 0.566. The molecule has 2 rings (SSSR count). The van der Waals surface area contributed by atoms with E-state index in [4.69, 9.17) is 5.73 Å². The van der Waals surface area contributed by atoms with E-state index in [0.717, 1.165) is 42.2 Å². The zero-order valence-corrected chi connectivity index (χ0v) is 12.3. The molecule has 5 nitrogen and oxygen atoms in total. The lowest BCUT2D eigenvalue weighted by molar-refractivity contribution is 0.808. The standard InChI is InChI=1S/C15H21N5/c1-4-6-13-18-14(16)11(2)15(19-13)20(3)10-12-7-5-8-17-9-12/h5,7-9H,4,6,10H2,1-3H3,(H2,16,18,19). The molecule has 2 heterocycles. The van der Waals surface area contributed by atoms with Crippen LogP contribution in [0.2, 0.25) is 0 Å². The molecule has 0 aliphatic rings. The number of hydrogen-bond donors (Lipinski definition) is 1. The van der Waals surface area contributed by atoms with Gasteiger partial charge >= 0.3 is 0 Å². The second kappa shape index (κ2) is 6.32. The van der Waals surface area contributed by atoms with Crippen LogP contribution in [0.4, 0.5) is 11.6 Å². The van der Waals surface area contributed by atoms with Crippen LogP contribution >= 0.6 is 0 Å². The first-order chi connectivity index (χ1) is 9.61. The molecule has 0 amide bonds. The number of anilines is 2. The first-order valence-electron chi connectivity index (χ1n) is 6.84. The fourth-order valence-corrected chi connectivity index (χ4v) is 2.12. The highest BCUT2D eigenvalue weighted by molar-refractivity contribution is 5.56. The molecule has 2 aromatic heterocycles. The number of pyridine rings is 1. The SMILES string of the molecule is CCCc1nc(N)c(C)c(N(C)Cc2cccnc2)n1. The van der Waals surface area contributed by atoms with Crippen molar-refractivity contribution in [2.75, 3.05) is 17.7 Å². The van der Waals surface area contributed by atoms with Crippen molar-refractivity contribution >= 4 is 11.6 Å². The largest absolute Gasteiger partial charge is 0.383 e. The molecule has 0 aliphatic heterocycles. The zero-order valence-electron chi connectivity index (χ0n) is 12.3. The number of hydrogen-bond acceptors (Lipinski definition) is 5. The van der Waals surface area contributed by atoms with Crippen molar-refractivity contribution in [2.45, 2.75) is 33.2 Å². The highest BCUT2D eigenvalue weighted by Crippen LogP contribution is 2.22. The van der Waals surface area contributed by atoms with Gasteiger partial charge in [-0.25, -0.2) is 9.97 Å². The molecule has 0 atom stereocenters. The van der Waals surface area contributed by atoms with Crippen LogP contribution in [0.3, 0.4) is 0 Å². The van der Waals surface area contributed by atoms with Crippen LogP contribution < -0.4 is 10.6 Å². The van der Waals surface area contributed by atoms with E-state index in [0.29, 0.717) is 5.82 Å². The highest BCUT2D eigenvalue weighted by atomic mass is 15.2. The quantitative estimate of drug-likeness (QED) is 0.904. The maximum Gasteiger partial charge on any atom is 0.137 e. The summed E-state index contributed by atoms with van der Waals surface area (Å²) in [6.07, 6.45) is 5.49. The lowest BCUT2D eigenvalue weighted by Crippen LogP contribution is -2.21. The predicted molar refractivity (Wildman–Crippen MR) is 81.5 cm³/mol. The summed E-state index contributed by atoms with van der Waals surface area (Å²) in [7, 11) is 2.01. The number of nitrogens with two attached hydrogens (primary N) is 1. The van der Waals surface area contributed by atoms with Gasteiger partial charge in [-0.3, -0.25) is 4.98 Å². The second-order valence-electron chi connectivity index (χ2n) is 4.94. The Labute approximate surface area is 119 Å². The number of aryl methyl sites for hydroxylation is 1.